The number of para-hydroxylation sites is 1. The summed E-state index contributed by atoms with van der Waals surface area (Å²) >= 11 is 2.02. The van der Waals surface area contributed by atoms with Crippen LogP contribution in [0.15, 0.2) is 103 Å². The standard InChI is InChI=1S/C55H61BN2S/c1-53(2,3)37-15-20-40(21-16-37)57-46-13-11-10-12-45(46)56-50-47(57)30-36(43-29-34-26-33-14-24-42(43)35(27-33)28-34)31-48(50)58(41-22-17-38(18-23-41)54(4,5)6)51-44-32-39(55(7,8)9)19-25-49(44)59-52(51)56/h10-13,15-23,25,30-35,42-43H,14,24,26-29H2,1-9H3. The number of thiophene rings is 1. The average Bonchev–Trinajstić information content (AvgIpc) is 3.57. The molecule has 0 N–H and O–H groups in total. The highest BCUT2D eigenvalue weighted by molar-refractivity contribution is 7.33. The highest BCUT2D eigenvalue weighted by Gasteiger charge is 2.49. The van der Waals surface area contributed by atoms with Crippen LogP contribution in [0.3, 0.4) is 0 Å². The van der Waals surface area contributed by atoms with E-state index in [1.807, 2.05) is 11.3 Å². The Labute approximate surface area is 358 Å². The van der Waals surface area contributed by atoms with Gasteiger partial charge in [0, 0.05) is 43.3 Å². The predicted octanol–water partition coefficient (Wildman–Crippen LogP) is 13.8. The number of hydrogen-bond acceptors (Lipinski definition) is 3. The van der Waals surface area contributed by atoms with Crippen LogP contribution < -0.4 is 25.5 Å². The molecule has 11 rings (SSSR count). The van der Waals surface area contributed by atoms with Crippen LogP contribution in [0.1, 0.15) is 129 Å². The molecule has 2 nitrogen and oxygen atoms in total. The normalized spacial score (nSPS) is 23.3. The van der Waals surface area contributed by atoms with E-state index in [2.05, 4.69) is 175 Å². The van der Waals surface area contributed by atoms with E-state index in [1.54, 1.807) is 5.56 Å². The fourth-order valence-electron chi connectivity index (χ4n) is 12.4. The van der Waals surface area contributed by atoms with E-state index in [-0.39, 0.29) is 23.0 Å². The molecule has 3 fully saturated rings. The molecule has 59 heavy (non-hydrogen) atoms. The molecule has 3 saturated carbocycles. The number of benzene rings is 5. The highest BCUT2D eigenvalue weighted by Crippen LogP contribution is 2.59. The summed E-state index contributed by atoms with van der Waals surface area (Å²) in [7, 11) is 0. The van der Waals surface area contributed by atoms with Gasteiger partial charge in [-0.3, -0.25) is 0 Å². The van der Waals surface area contributed by atoms with Gasteiger partial charge in [0.1, 0.15) is 0 Å². The molecule has 3 bridgehead atoms. The van der Waals surface area contributed by atoms with Gasteiger partial charge in [-0.25, -0.2) is 0 Å². The van der Waals surface area contributed by atoms with Gasteiger partial charge < -0.3 is 9.80 Å². The van der Waals surface area contributed by atoms with Crippen molar-refractivity contribution in [3.8, 4) is 0 Å². The van der Waals surface area contributed by atoms with Gasteiger partial charge in [-0.05, 0) is 166 Å². The minimum Gasteiger partial charge on any atom is -0.311 e. The lowest BCUT2D eigenvalue weighted by Gasteiger charge is -2.52. The van der Waals surface area contributed by atoms with Crippen LogP contribution in [0.4, 0.5) is 34.1 Å². The van der Waals surface area contributed by atoms with Gasteiger partial charge in [-0.1, -0.05) is 117 Å². The molecular formula is C55H61BN2S. The van der Waals surface area contributed by atoms with Gasteiger partial charge in [-0.15, -0.1) is 11.3 Å². The lowest BCUT2D eigenvalue weighted by molar-refractivity contribution is 0.0153. The van der Waals surface area contributed by atoms with E-state index >= 15 is 0 Å². The molecule has 0 radical (unpaired) electrons. The van der Waals surface area contributed by atoms with E-state index in [9.17, 15) is 0 Å². The molecule has 4 heteroatoms. The van der Waals surface area contributed by atoms with Crippen molar-refractivity contribution in [1.82, 2.24) is 0 Å². The van der Waals surface area contributed by atoms with Crippen LogP contribution in [-0.2, 0) is 16.2 Å². The van der Waals surface area contributed by atoms with Crippen molar-refractivity contribution in [2.24, 2.45) is 23.7 Å². The molecule has 3 aliphatic carbocycles. The van der Waals surface area contributed by atoms with Crippen molar-refractivity contribution in [2.75, 3.05) is 9.80 Å². The Kier molecular flexibility index (Phi) is 8.38. The monoisotopic (exact) mass is 792 g/mol. The molecule has 0 amide bonds. The molecule has 300 valence electrons. The van der Waals surface area contributed by atoms with Crippen LogP contribution in [0.5, 0.6) is 0 Å². The van der Waals surface area contributed by atoms with E-state index in [4.69, 9.17) is 0 Å². The minimum absolute atomic E-state index is 0.0492. The Morgan fingerprint density at radius 3 is 1.81 bits per heavy atom. The SMILES string of the molecule is CC(C)(C)c1ccc(N2c3ccccc3B3c4sc5ccc(C(C)(C)C)cc5c4N(c4ccc(C(C)(C)C)cc4)c4cc(C5CC6CC7CCC5C(C7)C6)cc2c43)cc1. The number of nitrogens with zero attached hydrogens (tertiary/aromatic N) is 2. The van der Waals surface area contributed by atoms with Crippen LogP contribution in [0.25, 0.3) is 10.1 Å². The lowest BCUT2D eigenvalue weighted by Crippen LogP contribution is -2.60. The zero-order valence-electron chi connectivity index (χ0n) is 36.8. The van der Waals surface area contributed by atoms with Crippen LogP contribution in [0.2, 0.25) is 0 Å². The summed E-state index contributed by atoms with van der Waals surface area (Å²) < 4.78 is 2.84. The lowest BCUT2D eigenvalue weighted by atomic mass is 9.36. The van der Waals surface area contributed by atoms with Crippen molar-refractivity contribution < 1.29 is 0 Å². The van der Waals surface area contributed by atoms with Gasteiger partial charge in [0.05, 0.1) is 5.69 Å². The average molecular weight is 793 g/mol. The van der Waals surface area contributed by atoms with Gasteiger partial charge in [0.15, 0.2) is 0 Å². The van der Waals surface area contributed by atoms with Crippen molar-refractivity contribution in [2.45, 2.75) is 123 Å². The summed E-state index contributed by atoms with van der Waals surface area (Å²) in [4.78, 5) is 5.37. The molecule has 0 saturated heterocycles. The molecule has 6 aromatic rings. The van der Waals surface area contributed by atoms with E-state index in [0.717, 1.165) is 23.7 Å². The second kappa shape index (κ2) is 13.1. The maximum Gasteiger partial charge on any atom is 0.264 e. The quantitative estimate of drug-likeness (QED) is 0.164. The largest absolute Gasteiger partial charge is 0.311 e. The Balaban J connectivity index is 1.22. The molecule has 5 aliphatic rings. The molecule has 5 aromatic carbocycles. The molecule has 5 unspecified atom stereocenters. The van der Waals surface area contributed by atoms with Gasteiger partial charge in [0.2, 0.25) is 0 Å². The summed E-state index contributed by atoms with van der Waals surface area (Å²) in [5.41, 5.74) is 16.8. The summed E-state index contributed by atoms with van der Waals surface area (Å²) in [5, 5.41) is 1.39. The second-order valence-corrected chi connectivity index (χ2v) is 23.4. The first kappa shape index (κ1) is 37.7. The van der Waals surface area contributed by atoms with Crippen molar-refractivity contribution in [1.29, 1.82) is 0 Å². The molecular weight excluding hydrogens is 731 g/mol. The Bertz CT molecular complexity index is 2610. The van der Waals surface area contributed by atoms with Crippen LogP contribution >= 0.6 is 11.3 Å². The van der Waals surface area contributed by atoms with Crippen molar-refractivity contribution in [3.05, 3.63) is 125 Å². The van der Waals surface area contributed by atoms with Gasteiger partial charge in [-0.2, -0.15) is 0 Å². The first-order chi connectivity index (χ1) is 28.1. The predicted molar refractivity (Wildman–Crippen MR) is 256 cm³/mol. The van der Waals surface area contributed by atoms with Crippen LogP contribution in [0, 0.1) is 23.7 Å². The zero-order valence-corrected chi connectivity index (χ0v) is 37.6. The van der Waals surface area contributed by atoms with Crippen molar-refractivity contribution in [3.63, 3.8) is 0 Å². The maximum atomic E-state index is 2.72. The number of rotatable bonds is 3. The summed E-state index contributed by atoms with van der Waals surface area (Å²) in [6.07, 6.45) is 8.55. The zero-order chi connectivity index (χ0) is 40.7. The van der Waals surface area contributed by atoms with Gasteiger partial charge >= 0.3 is 0 Å². The fourth-order valence-corrected chi connectivity index (χ4v) is 13.7. The van der Waals surface area contributed by atoms with Crippen molar-refractivity contribution >= 4 is 78.0 Å². The molecule has 5 atom stereocenters. The Morgan fingerprint density at radius 2 is 1.15 bits per heavy atom. The third-order valence-electron chi connectivity index (χ3n) is 15.4. The molecule has 3 heterocycles. The van der Waals surface area contributed by atoms with Crippen LogP contribution in [-0.4, -0.2) is 6.71 Å². The number of fused-ring (bicyclic) bond motifs is 8. The number of anilines is 6. The third kappa shape index (κ3) is 6.00. The highest BCUT2D eigenvalue weighted by atomic mass is 32.1. The summed E-state index contributed by atoms with van der Waals surface area (Å²) in [6, 6.07) is 41.3. The minimum atomic E-state index is 0.0492. The number of hydrogen-bond donors (Lipinski definition) is 0. The molecule has 1 aromatic heterocycles. The van der Waals surface area contributed by atoms with E-state index in [1.165, 1.54) is 115 Å². The van der Waals surface area contributed by atoms with Gasteiger partial charge in [0.25, 0.3) is 6.71 Å². The molecule has 0 spiro atoms. The topological polar surface area (TPSA) is 6.48 Å². The summed E-state index contributed by atoms with van der Waals surface area (Å²) in [6.45, 7) is 21.2. The first-order valence-corrected chi connectivity index (χ1v) is 23.6. The van der Waals surface area contributed by atoms with E-state index < -0.39 is 0 Å². The van der Waals surface area contributed by atoms with E-state index in [0.29, 0.717) is 5.92 Å². The Morgan fingerprint density at radius 1 is 0.559 bits per heavy atom. The summed E-state index contributed by atoms with van der Waals surface area (Å²) in [5.74, 6) is 4.11. The third-order valence-corrected chi connectivity index (χ3v) is 16.7. The molecule has 2 aliphatic heterocycles. The Hall–Kier alpha value is -4.28. The first-order valence-electron chi connectivity index (χ1n) is 22.8. The second-order valence-electron chi connectivity index (χ2n) is 22.3. The smallest absolute Gasteiger partial charge is 0.264 e. The maximum absolute atomic E-state index is 2.72. The fraction of sp³-hybridized carbons (Fsp3) is 0.418.